The van der Waals surface area contributed by atoms with Gasteiger partial charge in [-0.2, -0.15) is 40.4 Å². The summed E-state index contributed by atoms with van der Waals surface area (Å²) >= 11 is 0. The Kier molecular flexibility index (Phi) is 8.72. The molecule has 0 bridgehead atoms. The molecular formula is C23H18N4O12PS3+. The molecule has 1 atom stereocenters. The Morgan fingerprint density at radius 1 is 0.651 bits per heavy atom. The minimum Gasteiger partial charge on any atom is -0.308 e. The Labute approximate surface area is 244 Å². The van der Waals surface area contributed by atoms with E-state index in [9.17, 15) is 53.2 Å². The number of anilines is 2. The van der Waals surface area contributed by atoms with Crippen molar-refractivity contribution < 1.29 is 53.2 Å². The van der Waals surface area contributed by atoms with Crippen LogP contribution >= 0.6 is 8.03 Å². The third-order valence-electron chi connectivity index (χ3n) is 5.54. The molecule has 20 heteroatoms. The van der Waals surface area contributed by atoms with E-state index in [4.69, 9.17) is 0 Å². The molecule has 0 aliphatic carbocycles. The maximum atomic E-state index is 12.3. The Morgan fingerprint density at radius 3 is 1.79 bits per heavy atom. The average molecular weight is 670 g/mol. The van der Waals surface area contributed by atoms with Gasteiger partial charge < -0.3 is 10.6 Å². The predicted molar refractivity (Wildman–Crippen MR) is 153 cm³/mol. The first-order chi connectivity index (χ1) is 19.9. The van der Waals surface area contributed by atoms with E-state index in [1.165, 1.54) is 48.5 Å². The SMILES string of the molecule is O=C(Nc1ccc(N=Nc2cc(S(=O)(=O)O)c3cc(S(=O)(=O)O)cc(S(=O)(=O)O)c3c2)cc1)Nc1cccc([P+](=O)O)c1. The van der Waals surface area contributed by atoms with E-state index < -0.39 is 69.9 Å². The lowest BCUT2D eigenvalue weighted by Crippen LogP contribution is -2.19. The number of benzene rings is 4. The van der Waals surface area contributed by atoms with Crippen LogP contribution in [-0.2, 0) is 34.9 Å². The molecule has 2 amide bonds. The van der Waals surface area contributed by atoms with E-state index in [-0.39, 0.29) is 22.4 Å². The van der Waals surface area contributed by atoms with Crippen LogP contribution in [0.25, 0.3) is 10.8 Å². The molecule has 0 aliphatic heterocycles. The summed E-state index contributed by atoms with van der Waals surface area (Å²) in [5.74, 6) is 0. The number of hydrogen-bond acceptors (Lipinski definition) is 10. The Bertz CT molecular complexity index is 2150. The van der Waals surface area contributed by atoms with Crippen LogP contribution in [0.3, 0.4) is 0 Å². The van der Waals surface area contributed by atoms with Gasteiger partial charge in [-0.25, -0.2) is 4.79 Å². The highest BCUT2D eigenvalue weighted by Crippen LogP contribution is 2.36. The topological polar surface area (TPSA) is 266 Å². The van der Waals surface area contributed by atoms with Crippen molar-refractivity contribution in [1.82, 2.24) is 0 Å². The van der Waals surface area contributed by atoms with E-state index >= 15 is 0 Å². The molecule has 4 rings (SSSR count). The normalized spacial score (nSPS) is 12.8. The fourth-order valence-electron chi connectivity index (χ4n) is 3.71. The zero-order chi connectivity index (χ0) is 31.7. The van der Waals surface area contributed by atoms with E-state index in [2.05, 4.69) is 20.9 Å². The molecule has 0 heterocycles. The number of azo groups is 1. The lowest BCUT2D eigenvalue weighted by molar-refractivity contribution is 0.262. The number of carbonyl (C=O) groups is 1. The monoisotopic (exact) mass is 669 g/mol. The van der Waals surface area contributed by atoms with E-state index in [0.29, 0.717) is 17.8 Å². The summed E-state index contributed by atoms with van der Waals surface area (Å²) in [6.07, 6.45) is 0. The van der Waals surface area contributed by atoms with Gasteiger partial charge >= 0.3 is 14.1 Å². The number of fused-ring (bicyclic) bond motifs is 1. The largest absolute Gasteiger partial charge is 0.546 e. The molecule has 0 aromatic heterocycles. The highest BCUT2D eigenvalue weighted by atomic mass is 32.2. The van der Waals surface area contributed by atoms with Crippen LogP contribution in [0.1, 0.15) is 0 Å². The Morgan fingerprint density at radius 2 is 1.21 bits per heavy atom. The second-order valence-electron chi connectivity index (χ2n) is 8.53. The van der Waals surface area contributed by atoms with Crippen LogP contribution in [0.4, 0.5) is 27.5 Å². The molecule has 4 aromatic rings. The highest BCUT2D eigenvalue weighted by Gasteiger charge is 2.25. The molecule has 0 saturated carbocycles. The fraction of sp³-hybridized carbons (Fsp3) is 0. The minimum absolute atomic E-state index is 0.120. The van der Waals surface area contributed by atoms with Gasteiger partial charge in [0, 0.05) is 28.2 Å². The van der Waals surface area contributed by atoms with Crippen molar-refractivity contribution in [3.05, 3.63) is 72.8 Å². The number of rotatable bonds is 8. The van der Waals surface area contributed by atoms with Crippen LogP contribution in [0.15, 0.2) is 97.7 Å². The maximum absolute atomic E-state index is 12.3. The van der Waals surface area contributed by atoms with Crippen molar-refractivity contribution in [3.63, 3.8) is 0 Å². The third kappa shape index (κ3) is 7.80. The summed E-state index contributed by atoms with van der Waals surface area (Å²) in [6.45, 7) is 0. The maximum Gasteiger partial charge on any atom is 0.546 e. The number of urea groups is 1. The number of nitrogens with zero attached hydrogens (tertiary/aromatic N) is 2. The molecule has 0 radical (unpaired) electrons. The van der Waals surface area contributed by atoms with Gasteiger partial charge in [0.15, 0.2) is 0 Å². The van der Waals surface area contributed by atoms with Crippen LogP contribution in [0.2, 0.25) is 0 Å². The van der Waals surface area contributed by atoms with E-state index in [1.54, 1.807) is 0 Å². The van der Waals surface area contributed by atoms with Crippen molar-refractivity contribution in [2.24, 2.45) is 10.2 Å². The number of amides is 2. The summed E-state index contributed by atoms with van der Waals surface area (Å²) in [5.41, 5.74) is 0.394. The number of carbonyl (C=O) groups excluding carboxylic acids is 1. The molecule has 1 unspecified atom stereocenters. The Balaban J connectivity index is 1.64. The van der Waals surface area contributed by atoms with Crippen LogP contribution in [0, 0.1) is 0 Å². The number of nitrogens with one attached hydrogen (secondary N) is 2. The summed E-state index contributed by atoms with van der Waals surface area (Å²) in [4.78, 5) is 18.3. The zero-order valence-electron chi connectivity index (χ0n) is 21.0. The molecular weight excluding hydrogens is 651 g/mol. The summed E-state index contributed by atoms with van der Waals surface area (Å²) in [6, 6.07) is 13.4. The first kappa shape index (κ1) is 31.7. The molecule has 4 aromatic carbocycles. The zero-order valence-corrected chi connectivity index (χ0v) is 24.4. The first-order valence-corrected chi connectivity index (χ1v) is 16.9. The summed E-state index contributed by atoms with van der Waals surface area (Å²) in [5, 5.41) is 11.6. The molecule has 43 heavy (non-hydrogen) atoms. The molecule has 224 valence electrons. The second kappa shape index (κ2) is 11.8. The quantitative estimate of drug-likeness (QED) is 0.0883. The van der Waals surface area contributed by atoms with Gasteiger partial charge in [-0.3, -0.25) is 13.7 Å². The third-order valence-corrected chi connectivity index (χ3v) is 8.88. The highest BCUT2D eigenvalue weighted by molar-refractivity contribution is 7.87. The number of hydrogen-bond donors (Lipinski definition) is 6. The first-order valence-electron chi connectivity index (χ1n) is 11.3. The molecule has 0 aliphatic rings. The second-order valence-corrected chi connectivity index (χ2v) is 13.8. The lowest BCUT2D eigenvalue weighted by atomic mass is 10.1. The standard InChI is InChI=1S/C23H17N4O12PS3/c28-23(25-15-2-1-3-17(8-15)40(29)30)24-13-4-6-14(7-5-13)26-27-16-9-19-20(21(10-16)42(34,35)36)11-18(41(31,32)33)12-22(19)43(37,38)39/h1-12H,(H5-,24,25,27,28,29,30,31,32,33,34,35,36,37,38,39)/p+1. The lowest BCUT2D eigenvalue weighted by Gasteiger charge is -2.11. The molecule has 6 N–H and O–H groups in total. The molecule has 0 spiro atoms. The molecule has 0 saturated heterocycles. The van der Waals surface area contributed by atoms with E-state index in [0.717, 1.165) is 12.1 Å². The van der Waals surface area contributed by atoms with Crippen molar-refractivity contribution in [2.45, 2.75) is 14.7 Å². The van der Waals surface area contributed by atoms with Crippen molar-refractivity contribution in [1.29, 1.82) is 0 Å². The van der Waals surface area contributed by atoms with Crippen molar-refractivity contribution >= 4 is 83.2 Å². The molecule has 16 nitrogen and oxygen atoms in total. The fourth-order valence-corrected chi connectivity index (χ4v) is 6.22. The van der Waals surface area contributed by atoms with Gasteiger partial charge in [0.2, 0.25) is 5.30 Å². The van der Waals surface area contributed by atoms with Crippen molar-refractivity contribution in [3.8, 4) is 0 Å². The van der Waals surface area contributed by atoms with E-state index in [1.807, 2.05) is 0 Å². The van der Waals surface area contributed by atoms with Gasteiger partial charge in [-0.1, -0.05) is 6.07 Å². The summed E-state index contributed by atoms with van der Waals surface area (Å²) < 4.78 is 111. The van der Waals surface area contributed by atoms with Crippen LogP contribution < -0.4 is 15.9 Å². The smallest absolute Gasteiger partial charge is 0.308 e. The minimum atomic E-state index is -5.19. The summed E-state index contributed by atoms with van der Waals surface area (Å²) in [7, 11) is -18.0. The Hall–Kier alpha value is -4.20. The van der Waals surface area contributed by atoms with Gasteiger partial charge in [-0.15, -0.1) is 0 Å². The van der Waals surface area contributed by atoms with Crippen LogP contribution in [-0.4, -0.2) is 49.8 Å². The average Bonchev–Trinajstić information content (AvgIpc) is 2.90. The molecule has 0 fully saturated rings. The predicted octanol–water partition coefficient (Wildman–Crippen LogP) is 4.00. The van der Waals surface area contributed by atoms with Gasteiger partial charge in [0.1, 0.15) is 9.79 Å². The van der Waals surface area contributed by atoms with Gasteiger partial charge in [-0.05, 0) is 65.2 Å². The van der Waals surface area contributed by atoms with Gasteiger partial charge in [0.05, 0.1) is 16.3 Å². The van der Waals surface area contributed by atoms with Gasteiger partial charge in [0.25, 0.3) is 30.4 Å². The van der Waals surface area contributed by atoms with Crippen LogP contribution in [0.5, 0.6) is 0 Å². The van der Waals surface area contributed by atoms with Crippen molar-refractivity contribution in [2.75, 3.05) is 10.6 Å².